The summed E-state index contributed by atoms with van der Waals surface area (Å²) < 4.78 is 7.20. The van der Waals surface area contributed by atoms with E-state index in [0.29, 0.717) is 25.3 Å². The molecule has 6 nitrogen and oxygen atoms in total. The van der Waals surface area contributed by atoms with Gasteiger partial charge in [0.25, 0.3) is 5.91 Å². The van der Waals surface area contributed by atoms with E-state index in [-0.39, 0.29) is 24.4 Å². The number of hydrogen-bond donors (Lipinski definition) is 0. The second kappa shape index (κ2) is 12.3. The van der Waals surface area contributed by atoms with Gasteiger partial charge >= 0.3 is 0 Å². The predicted molar refractivity (Wildman–Crippen MR) is 124 cm³/mol. The summed E-state index contributed by atoms with van der Waals surface area (Å²) >= 11 is 0. The molecule has 0 aliphatic carbocycles. The zero-order valence-electron chi connectivity index (χ0n) is 19.6. The van der Waals surface area contributed by atoms with Crippen LogP contribution in [-0.4, -0.2) is 59.0 Å². The molecule has 1 heterocycles. The number of unbranched alkanes of at least 4 members (excludes halogenated alkanes) is 1. The number of nitrogens with zero attached hydrogens (tertiary/aromatic N) is 3. The first kappa shape index (κ1) is 24.7. The van der Waals surface area contributed by atoms with Crippen LogP contribution >= 0.6 is 0 Å². The Morgan fingerprint density at radius 2 is 1.84 bits per heavy atom. The second-order valence-corrected chi connectivity index (χ2v) is 8.25. The molecule has 0 fully saturated rings. The van der Waals surface area contributed by atoms with Crippen LogP contribution in [0.2, 0.25) is 0 Å². The van der Waals surface area contributed by atoms with Crippen LogP contribution in [-0.2, 0) is 29.5 Å². The van der Waals surface area contributed by atoms with Crippen molar-refractivity contribution in [1.29, 1.82) is 0 Å². The molecule has 0 bridgehead atoms. The van der Waals surface area contributed by atoms with Gasteiger partial charge < -0.3 is 19.1 Å². The van der Waals surface area contributed by atoms with Crippen LogP contribution < -0.4 is 0 Å². The number of aromatic nitrogens is 1. The van der Waals surface area contributed by atoms with E-state index in [2.05, 4.69) is 6.92 Å². The molecule has 0 saturated heterocycles. The molecule has 0 unspecified atom stereocenters. The van der Waals surface area contributed by atoms with Crippen LogP contribution in [0.3, 0.4) is 0 Å². The van der Waals surface area contributed by atoms with Crippen LogP contribution in [0.4, 0.5) is 0 Å². The van der Waals surface area contributed by atoms with E-state index < -0.39 is 0 Å². The molecule has 1 aromatic carbocycles. The van der Waals surface area contributed by atoms with Crippen LogP contribution in [0.5, 0.6) is 0 Å². The summed E-state index contributed by atoms with van der Waals surface area (Å²) in [5.41, 5.74) is 2.89. The van der Waals surface area contributed by atoms with E-state index in [1.807, 2.05) is 68.1 Å². The number of carbonyl (C=O) groups is 2. The smallest absolute Gasteiger partial charge is 0.254 e. The van der Waals surface area contributed by atoms with Gasteiger partial charge in [0.1, 0.15) is 6.54 Å². The van der Waals surface area contributed by atoms with Gasteiger partial charge in [-0.05, 0) is 56.5 Å². The minimum atomic E-state index is -0.115. The van der Waals surface area contributed by atoms with E-state index in [1.165, 1.54) is 5.56 Å². The van der Waals surface area contributed by atoms with Crippen molar-refractivity contribution < 1.29 is 14.3 Å². The second-order valence-electron chi connectivity index (χ2n) is 8.25. The number of carbonyl (C=O) groups excluding carboxylic acids is 2. The molecule has 0 N–H and O–H groups in total. The number of aryl methyl sites for hydroxylation is 2. The quantitative estimate of drug-likeness (QED) is 0.516. The van der Waals surface area contributed by atoms with Crippen molar-refractivity contribution in [3.63, 3.8) is 0 Å². The highest BCUT2D eigenvalue weighted by molar-refractivity contribution is 5.96. The lowest BCUT2D eigenvalue weighted by atomic mass is 10.1. The molecule has 31 heavy (non-hydrogen) atoms. The fourth-order valence-corrected chi connectivity index (χ4v) is 3.45. The number of ether oxygens (including phenoxy) is 1. The molecule has 2 rings (SSSR count). The SMILES string of the molecule is CCCCc1ccc(C(=O)N(CC(=O)N(CCOC)Cc2cccn2C)C(C)C)cc1. The lowest BCUT2D eigenvalue weighted by molar-refractivity contribution is -0.133. The first-order valence-corrected chi connectivity index (χ1v) is 11.1. The van der Waals surface area contributed by atoms with E-state index in [1.54, 1.807) is 16.9 Å². The fourth-order valence-electron chi connectivity index (χ4n) is 3.45. The number of benzene rings is 1. The van der Waals surface area contributed by atoms with Gasteiger partial charge in [0.05, 0.1) is 13.2 Å². The van der Waals surface area contributed by atoms with Crippen molar-refractivity contribution in [2.24, 2.45) is 7.05 Å². The molecule has 0 spiro atoms. The van der Waals surface area contributed by atoms with Crippen LogP contribution in [0.15, 0.2) is 42.6 Å². The Balaban J connectivity index is 2.12. The lowest BCUT2D eigenvalue weighted by Crippen LogP contribution is -2.46. The number of amides is 2. The summed E-state index contributed by atoms with van der Waals surface area (Å²) in [6, 6.07) is 11.7. The third kappa shape index (κ3) is 7.24. The average Bonchev–Trinajstić information content (AvgIpc) is 3.17. The Kier molecular flexibility index (Phi) is 9.79. The normalized spacial score (nSPS) is 11.0. The summed E-state index contributed by atoms with van der Waals surface area (Å²) in [4.78, 5) is 29.8. The maximum absolute atomic E-state index is 13.2. The topological polar surface area (TPSA) is 54.8 Å². The summed E-state index contributed by atoms with van der Waals surface area (Å²) in [5, 5.41) is 0. The summed E-state index contributed by atoms with van der Waals surface area (Å²) in [7, 11) is 3.59. The van der Waals surface area contributed by atoms with Crippen molar-refractivity contribution in [2.75, 3.05) is 26.8 Å². The van der Waals surface area contributed by atoms with E-state index in [4.69, 9.17) is 4.74 Å². The molecular weight excluding hydrogens is 390 g/mol. The van der Waals surface area contributed by atoms with Crippen molar-refractivity contribution in [1.82, 2.24) is 14.4 Å². The molecule has 170 valence electrons. The Hall–Kier alpha value is -2.60. The van der Waals surface area contributed by atoms with Crippen LogP contribution in [0.25, 0.3) is 0 Å². The molecule has 0 saturated carbocycles. The fraction of sp³-hybridized carbons (Fsp3) is 0.520. The van der Waals surface area contributed by atoms with E-state index in [0.717, 1.165) is 25.0 Å². The van der Waals surface area contributed by atoms with Gasteiger partial charge in [0.2, 0.25) is 5.91 Å². The minimum absolute atomic E-state index is 0.0439. The number of methoxy groups -OCH3 is 1. The predicted octanol–water partition coefficient (Wildman–Crippen LogP) is 3.89. The Morgan fingerprint density at radius 1 is 1.13 bits per heavy atom. The standard InChI is InChI=1S/C25H37N3O3/c1-6-7-9-21-11-13-22(14-12-21)25(30)28(20(2)3)19-24(29)27(16-17-31-5)18-23-10-8-15-26(23)4/h8,10-15,20H,6-7,9,16-19H2,1-5H3. The first-order valence-electron chi connectivity index (χ1n) is 11.1. The zero-order valence-corrected chi connectivity index (χ0v) is 19.6. The maximum Gasteiger partial charge on any atom is 0.254 e. The molecule has 0 atom stereocenters. The van der Waals surface area contributed by atoms with Gasteiger partial charge in [0, 0.05) is 44.2 Å². The highest BCUT2D eigenvalue weighted by Crippen LogP contribution is 2.14. The van der Waals surface area contributed by atoms with Gasteiger partial charge in [-0.2, -0.15) is 0 Å². The van der Waals surface area contributed by atoms with Crippen LogP contribution in [0.1, 0.15) is 55.2 Å². The third-order valence-corrected chi connectivity index (χ3v) is 5.53. The Bertz CT molecular complexity index is 827. The van der Waals surface area contributed by atoms with Gasteiger partial charge in [-0.1, -0.05) is 25.5 Å². The Morgan fingerprint density at radius 3 is 2.39 bits per heavy atom. The average molecular weight is 428 g/mol. The highest BCUT2D eigenvalue weighted by Gasteiger charge is 2.25. The number of rotatable bonds is 12. The van der Waals surface area contributed by atoms with E-state index in [9.17, 15) is 9.59 Å². The van der Waals surface area contributed by atoms with Gasteiger partial charge in [-0.3, -0.25) is 9.59 Å². The molecule has 0 radical (unpaired) electrons. The summed E-state index contributed by atoms with van der Waals surface area (Å²) in [6.07, 6.45) is 5.26. The van der Waals surface area contributed by atoms with E-state index >= 15 is 0 Å². The van der Waals surface area contributed by atoms with Crippen molar-refractivity contribution in [2.45, 2.75) is 52.6 Å². The first-order chi connectivity index (χ1) is 14.9. The zero-order chi connectivity index (χ0) is 22.8. The highest BCUT2D eigenvalue weighted by atomic mass is 16.5. The summed E-state index contributed by atoms with van der Waals surface area (Å²) in [5.74, 6) is -0.198. The van der Waals surface area contributed by atoms with Gasteiger partial charge in [0.15, 0.2) is 0 Å². The van der Waals surface area contributed by atoms with Crippen molar-refractivity contribution in [3.8, 4) is 0 Å². The number of hydrogen-bond acceptors (Lipinski definition) is 3. The molecule has 6 heteroatoms. The molecule has 1 aromatic heterocycles. The van der Waals surface area contributed by atoms with Crippen molar-refractivity contribution >= 4 is 11.8 Å². The molecule has 2 amide bonds. The maximum atomic E-state index is 13.2. The summed E-state index contributed by atoms with van der Waals surface area (Å²) in [6.45, 7) is 7.51. The van der Waals surface area contributed by atoms with Gasteiger partial charge in [-0.25, -0.2) is 0 Å². The monoisotopic (exact) mass is 427 g/mol. The molecule has 0 aliphatic heterocycles. The minimum Gasteiger partial charge on any atom is -0.383 e. The Labute approximate surface area is 186 Å². The largest absolute Gasteiger partial charge is 0.383 e. The van der Waals surface area contributed by atoms with Crippen molar-refractivity contribution in [3.05, 3.63) is 59.4 Å². The van der Waals surface area contributed by atoms with Gasteiger partial charge in [-0.15, -0.1) is 0 Å². The lowest BCUT2D eigenvalue weighted by Gasteiger charge is -2.30. The van der Waals surface area contributed by atoms with Crippen LogP contribution in [0, 0.1) is 0 Å². The molecule has 2 aromatic rings. The third-order valence-electron chi connectivity index (χ3n) is 5.53. The molecule has 0 aliphatic rings. The molecular formula is C25H37N3O3.